The molecule has 0 radical (unpaired) electrons. The lowest BCUT2D eigenvalue weighted by molar-refractivity contribution is -0.131. The smallest absolute Gasteiger partial charge is 0.308 e. The van der Waals surface area contributed by atoms with Crippen LogP contribution >= 0.6 is 0 Å². The van der Waals surface area contributed by atoms with E-state index in [-0.39, 0.29) is 5.75 Å². The summed E-state index contributed by atoms with van der Waals surface area (Å²) < 4.78 is 10.6. The number of esters is 1. The fourth-order valence-electron chi connectivity index (χ4n) is 1.86. The maximum absolute atomic E-state index is 11.1. The van der Waals surface area contributed by atoms with Gasteiger partial charge in [-0.15, -0.1) is 0 Å². The normalized spacial score (nSPS) is 10.4. The van der Waals surface area contributed by atoms with Crippen LogP contribution in [0.25, 0.3) is 10.8 Å². The molecule has 2 rings (SSSR count). The molecular formula is C15H16O4. The molecule has 100 valence electrons. The SMILES string of the molecule is CCCOc1cc(OC(C)=O)c2ccccc2c1O. The zero-order valence-electron chi connectivity index (χ0n) is 11.0. The number of ether oxygens (including phenoxy) is 2. The van der Waals surface area contributed by atoms with Gasteiger partial charge >= 0.3 is 5.97 Å². The first-order chi connectivity index (χ1) is 9.13. The third-order valence-corrected chi connectivity index (χ3v) is 2.66. The summed E-state index contributed by atoms with van der Waals surface area (Å²) in [5.74, 6) is 0.390. The lowest BCUT2D eigenvalue weighted by Crippen LogP contribution is -2.03. The Kier molecular flexibility index (Phi) is 3.90. The van der Waals surface area contributed by atoms with Gasteiger partial charge in [0.15, 0.2) is 11.5 Å². The maximum Gasteiger partial charge on any atom is 0.308 e. The molecule has 0 fully saturated rings. The van der Waals surface area contributed by atoms with Crippen molar-refractivity contribution in [3.8, 4) is 17.2 Å². The van der Waals surface area contributed by atoms with Gasteiger partial charge in [-0.3, -0.25) is 4.79 Å². The highest BCUT2D eigenvalue weighted by molar-refractivity contribution is 5.96. The molecule has 0 saturated heterocycles. The molecule has 4 heteroatoms. The van der Waals surface area contributed by atoms with Crippen molar-refractivity contribution >= 4 is 16.7 Å². The van der Waals surface area contributed by atoms with Crippen molar-refractivity contribution in [3.05, 3.63) is 30.3 Å². The maximum atomic E-state index is 11.1. The van der Waals surface area contributed by atoms with E-state index in [1.165, 1.54) is 6.92 Å². The van der Waals surface area contributed by atoms with Crippen LogP contribution in [0.1, 0.15) is 20.3 Å². The summed E-state index contributed by atoms with van der Waals surface area (Å²) in [6.07, 6.45) is 0.829. The molecule has 4 nitrogen and oxygen atoms in total. The fourth-order valence-corrected chi connectivity index (χ4v) is 1.86. The van der Waals surface area contributed by atoms with Gasteiger partial charge in [0.2, 0.25) is 0 Å². The van der Waals surface area contributed by atoms with Crippen LogP contribution in [0.15, 0.2) is 30.3 Å². The van der Waals surface area contributed by atoms with Crippen molar-refractivity contribution in [1.29, 1.82) is 0 Å². The van der Waals surface area contributed by atoms with Crippen molar-refractivity contribution < 1.29 is 19.4 Å². The quantitative estimate of drug-likeness (QED) is 0.677. The van der Waals surface area contributed by atoms with E-state index < -0.39 is 5.97 Å². The second-order valence-electron chi connectivity index (χ2n) is 4.21. The van der Waals surface area contributed by atoms with E-state index in [1.54, 1.807) is 18.2 Å². The van der Waals surface area contributed by atoms with Crippen LogP contribution in [-0.2, 0) is 4.79 Å². The standard InChI is InChI=1S/C15H16O4/c1-3-8-18-14-9-13(19-10(2)16)11-6-4-5-7-12(11)15(14)17/h4-7,9,17H,3,8H2,1-2H3. The summed E-state index contributed by atoms with van der Waals surface area (Å²) in [6, 6.07) is 8.73. The average molecular weight is 260 g/mol. The van der Waals surface area contributed by atoms with Gasteiger partial charge in [-0.2, -0.15) is 0 Å². The largest absolute Gasteiger partial charge is 0.504 e. The number of rotatable bonds is 4. The molecule has 0 amide bonds. The molecule has 0 atom stereocenters. The molecule has 1 N–H and O–H groups in total. The molecular weight excluding hydrogens is 244 g/mol. The predicted octanol–water partition coefficient (Wildman–Crippen LogP) is 3.26. The van der Waals surface area contributed by atoms with Crippen LogP contribution in [0.4, 0.5) is 0 Å². The van der Waals surface area contributed by atoms with Gasteiger partial charge in [-0.1, -0.05) is 31.2 Å². The molecule has 0 unspecified atom stereocenters. The number of fused-ring (bicyclic) bond motifs is 1. The molecule has 0 aromatic heterocycles. The van der Waals surface area contributed by atoms with Crippen LogP contribution in [0.3, 0.4) is 0 Å². The van der Waals surface area contributed by atoms with E-state index in [2.05, 4.69) is 0 Å². The van der Waals surface area contributed by atoms with E-state index >= 15 is 0 Å². The first kappa shape index (κ1) is 13.2. The summed E-state index contributed by atoms with van der Waals surface area (Å²) >= 11 is 0. The highest BCUT2D eigenvalue weighted by Gasteiger charge is 2.14. The molecule has 0 saturated carbocycles. The van der Waals surface area contributed by atoms with Gasteiger partial charge in [0.05, 0.1) is 6.61 Å². The third-order valence-electron chi connectivity index (χ3n) is 2.66. The van der Waals surface area contributed by atoms with Gasteiger partial charge < -0.3 is 14.6 Å². The first-order valence-electron chi connectivity index (χ1n) is 6.19. The summed E-state index contributed by atoms with van der Waals surface area (Å²) in [6.45, 7) is 3.81. The number of phenols is 1. The molecule has 0 bridgehead atoms. The topological polar surface area (TPSA) is 55.8 Å². The number of benzene rings is 2. The van der Waals surface area contributed by atoms with E-state index in [1.807, 2.05) is 19.1 Å². The average Bonchev–Trinajstić information content (AvgIpc) is 2.40. The number of carbonyl (C=O) groups is 1. The van der Waals surface area contributed by atoms with Crippen molar-refractivity contribution in [3.63, 3.8) is 0 Å². The predicted molar refractivity (Wildman–Crippen MR) is 72.7 cm³/mol. The monoisotopic (exact) mass is 260 g/mol. The van der Waals surface area contributed by atoms with Crippen LogP contribution < -0.4 is 9.47 Å². The molecule has 0 spiro atoms. The van der Waals surface area contributed by atoms with Gasteiger partial charge in [-0.05, 0) is 6.42 Å². The zero-order valence-corrected chi connectivity index (χ0v) is 11.0. The summed E-state index contributed by atoms with van der Waals surface area (Å²) in [5.41, 5.74) is 0. The molecule has 2 aromatic rings. The molecule has 0 aliphatic heterocycles. The van der Waals surface area contributed by atoms with Crippen LogP contribution in [0.5, 0.6) is 17.2 Å². The lowest BCUT2D eigenvalue weighted by Gasteiger charge is -2.13. The Labute approximate surface area is 111 Å². The highest BCUT2D eigenvalue weighted by Crippen LogP contribution is 2.40. The zero-order chi connectivity index (χ0) is 13.8. The molecule has 0 aliphatic carbocycles. The Morgan fingerprint density at radius 3 is 2.53 bits per heavy atom. The summed E-state index contributed by atoms with van der Waals surface area (Å²) in [4.78, 5) is 11.1. The number of carbonyl (C=O) groups excluding carboxylic acids is 1. The Bertz CT molecular complexity index is 604. The minimum Gasteiger partial charge on any atom is -0.504 e. The third kappa shape index (κ3) is 2.78. The number of hydrogen-bond donors (Lipinski definition) is 1. The Morgan fingerprint density at radius 1 is 1.21 bits per heavy atom. The molecule has 0 aliphatic rings. The minimum absolute atomic E-state index is 0.0694. The van der Waals surface area contributed by atoms with Crippen molar-refractivity contribution in [2.75, 3.05) is 6.61 Å². The van der Waals surface area contributed by atoms with Crippen LogP contribution in [0, 0.1) is 0 Å². The van der Waals surface area contributed by atoms with Crippen LogP contribution in [-0.4, -0.2) is 17.7 Å². The Morgan fingerprint density at radius 2 is 1.89 bits per heavy atom. The minimum atomic E-state index is -0.405. The second kappa shape index (κ2) is 5.61. The fraction of sp³-hybridized carbons (Fsp3) is 0.267. The van der Waals surface area contributed by atoms with E-state index in [0.717, 1.165) is 6.42 Å². The molecule has 2 aromatic carbocycles. The number of hydrogen-bond acceptors (Lipinski definition) is 4. The first-order valence-corrected chi connectivity index (χ1v) is 6.19. The van der Waals surface area contributed by atoms with Gasteiger partial charge in [-0.25, -0.2) is 0 Å². The van der Waals surface area contributed by atoms with Crippen molar-refractivity contribution in [2.45, 2.75) is 20.3 Å². The highest BCUT2D eigenvalue weighted by atomic mass is 16.5. The Balaban J connectivity index is 2.58. The number of aromatic hydroxyl groups is 1. The van der Waals surface area contributed by atoms with E-state index in [9.17, 15) is 9.90 Å². The summed E-state index contributed by atoms with van der Waals surface area (Å²) in [5, 5.41) is 11.5. The van der Waals surface area contributed by atoms with E-state index in [4.69, 9.17) is 9.47 Å². The van der Waals surface area contributed by atoms with E-state index in [0.29, 0.717) is 28.9 Å². The van der Waals surface area contributed by atoms with Gasteiger partial charge in [0.25, 0.3) is 0 Å². The van der Waals surface area contributed by atoms with Gasteiger partial charge in [0.1, 0.15) is 5.75 Å². The Hall–Kier alpha value is -2.23. The van der Waals surface area contributed by atoms with Crippen molar-refractivity contribution in [1.82, 2.24) is 0 Å². The lowest BCUT2D eigenvalue weighted by atomic mass is 10.1. The summed E-state index contributed by atoms with van der Waals surface area (Å²) in [7, 11) is 0. The molecule has 0 heterocycles. The number of phenolic OH excluding ortho intramolecular Hbond substituents is 1. The van der Waals surface area contributed by atoms with Crippen LogP contribution in [0.2, 0.25) is 0 Å². The van der Waals surface area contributed by atoms with Gasteiger partial charge in [0, 0.05) is 23.8 Å². The molecule has 19 heavy (non-hydrogen) atoms. The second-order valence-corrected chi connectivity index (χ2v) is 4.21. The van der Waals surface area contributed by atoms with Crippen molar-refractivity contribution in [2.24, 2.45) is 0 Å².